The molecule has 0 aromatic heterocycles. The molecule has 3 amide bonds. The summed E-state index contributed by atoms with van der Waals surface area (Å²) in [7, 11) is 0. The fraction of sp³-hybridized carbons (Fsp3) is 0.333. The van der Waals surface area contributed by atoms with Crippen molar-refractivity contribution in [3.63, 3.8) is 0 Å². The number of nitrogens with one attached hydrogen (secondary N) is 2. The van der Waals surface area contributed by atoms with Crippen molar-refractivity contribution >= 4 is 23.3 Å². The Morgan fingerprint density at radius 1 is 1.12 bits per heavy atom. The fourth-order valence-electron chi connectivity index (χ4n) is 1.14. The third kappa shape index (κ3) is 4.14. The Hall–Kier alpha value is -2.04. The van der Waals surface area contributed by atoms with Crippen LogP contribution in [0.3, 0.4) is 0 Å². The van der Waals surface area contributed by atoms with E-state index < -0.39 is 11.4 Å². The van der Waals surface area contributed by atoms with Gasteiger partial charge in [0.2, 0.25) is 5.91 Å². The van der Waals surface area contributed by atoms with Crippen molar-refractivity contribution in [1.82, 2.24) is 0 Å². The van der Waals surface area contributed by atoms with Gasteiger partial charge in [0.1, 0.15) is 0 Å². The first-order chi connectivity index (χ1) is 7.79. The normalized spacial score (nSPS) is 10.8. The van der Waals surface area contributed by atoms with Gasteiger partial charge >= 0.3 is 6.03 Å². The summed E-state index contributed by atoms with van der Waals surface area (Å²) in [6, 6.07) is 6.18. The maximum absolute atomic E-state index is 11.7. The van der Waals surface area contributed by atoms with Gasteiger partial charge in [-0.05, 0) is 18.2 Å². The average molecular weight is 235 g/mol. The van der Waals surface area contributed by atoms with Crippen molar-refractivity contribution in [2.24, 2.45) is 11.1 Å². The van der Waals surface area contributed by atoms with Gasteiger partial charge in [-0.15, -0.1) is 0 Å². The first-order valence-corrected chi connectivity index (χ1v) is 5.27. The molecule has 0 unspecified atom stereocenters. The summed E-state index contributed by atoms with van der Waals surface area (Å²) in [4.78, 5) is 22.4. The number of anilines is 2. The highest BCUT2D eigenvalue weighted by Gasteiger charge is 2.21. The van der Waals surface area contributed by atoms with E-state index in [0.717, 1.165) is 0 Å². The molecule has 92 valence electrons. The van der Waals surface area contributed by atoms with Crippen LogP contribution >= 0.6 is 0 Å². The zero-order chi connectivity index (χ0) is 13.1. The summed E-state index contributed by atoms with van der Waals surface area (Å²) >= 11 is 0. The molecule has 0 spiro atoms. The highest BCUT2D eigenvalue weighted by Crippen LogP contribution is 2.19. The minimum atomic E-state index is -0.635. The summed E-state index contributed by atoms with van der Waals surface area (Å²) in [5.41, 5.74) is 5.71. The van der Waals surface area contributed by atoms with E-state index in [9.17, 15) is 9.59 Å². The predicted molar refractivity (Wildman–Crippen MR) is 67.7 cm³/mol. The molecule has 0 aliphatic rings. The van der Waals surface area contributed by atoms with Crippen LogP contribution in [0.15, 0.2) is 24.3 Å². The van der Waals surface area contributed by atoms with E-state index in [2.05, 4.69) is 10.6 Å². The van der Waals surface area contributed by atoms with E-state index in [-0.39, 0.29) is 5.91 Å². The van der Waals surface area contributed by atoms with Crippen LogP contribution in [0.25, 0.3) is 0 Å². The van der Waals surface area contributed by atoms with Gasteiger partial charge in [-0.2, -0.15) is 0 Å². The van der Waals surface area contributed by atoms with Crippen molar-refractivity contribution in [1.29, 1.82) is 0 Å². The van der Waals surface area contributed by atoms with Crippen LogP contribution < -0.4 is 16.4 Å². The number of benzene rings is 1. The fourth-order valence-corrected chi connectivity index (χ4v) is 1.14. The molecular formula is C12H17N3O2. The van der Waals surface area contributed by atoms with Gasteiger partial charge in [0, 0.05) is 16.8 Å². The molecule has 0 bridgehead atoms. The van der Waals surface area contributed by atoms with Crippen molar-refractivity contribution in [3.8, 4) is 0 Å². The number of hydrogen-bond donors (Lipinski definition) is 3. The van der Waals surface area contributed by atoms with Gasteiger partial charge in [0.25, 0.3) is 0 Å². The third-order valence-electron chi connectivity index (χ3n) is 2.07. The highest BCUT2D eigenvalue weighted by atomic mass is 16.2. The van der Waals surface area contributed by atoms with Gasteiger partial charge in [0.15, 0.2) is 0 Å². The second-order valence-electron chi connectivity index (χ2n) is 4.77. The lowest BCUT2D eigenvalue weighted by Gasteiger charge is -2.18. The summed E-state index contributed by atoms with van der Waals surface area (Å²) in [6.07, 6.45) is 0. The van der Waals surface area contributed by atoms with Gasteiger partial charge in [0.05, 0.1) is 0 Å². The first kappa shape index (κ1) is 13.0. The van der Waals surface area contributed by atoms with Crippen LogP contribution in [-0.4, -0.2) is 11.9 Å². The van der Waals surface area contributed by atoms with E-state index in [1.807, 2.05) is 20.8 Å². The van der Waals surface area contributed by atoms with Gasteiger partial charge < -0.3 is 16.4 Å². The summed E-state index contributed by atoms with van der Waals surface area (Å²) in [5.74, 6) is -0.0891. The topological polar surface area (TPSA) is 84.2 Å². The number of primary amides is 1. The standard InChI is InChI=1S/C12H17N3O2/c1-12(2,3)10(16)14-8-5-4-6-9(7-8)15-11(13)17/h4-7H,1-3H3,(H,14,16)(H3,13,15,17). The quantitative estimate of drug-likeness (QED) is 0.733. The van der Waals surface area contributed by atoms with Gasteiger partial charge in [-0.1, -0.05) is 26.8 Å². The molecule has 0 atom stereocenters. The third-order valence-corrected chi connectivity index (χ3v) is 2.07. The van der Waals surface area contributed by atoms with Crippen LogP contribution in [0.1, 0.15) is 20.8 Å². The molecule has 0 aliphatic carbocycles. The van der Waals surface area contributed by atoms with E-state index in [1.165, 1.54) is 0 Å². The predicted octanol–water partition coefficient (Wildman–Crippen LogP) is 2.16. The maximum atomic E-state index is 11.7. The zero-order valence-electron chi connectivity index (χ0n) is 10.2. The molecular weight excluding hydrogens is 218 g/mol. The lowest BCUT2D eigenvalue weighted by atomic mass is 9.95. The van der Waals surface area contributed by atoms with Gasteiger partial charge in [-0.25, -0.2) is 4.79 Å². The Bertz CT molecular complexity index is 436. The highest BCUT2D eigenvalue weighted by molar-refractivity contribution is 5.95. The monoisotopic (exact) mass is 235 g/mol. The molecule has 1 aromatic carbocycles. The van der Waals surface area contributed by atoms with Crippen molar-refractivity contribution in [3.05, 3.63) is 24.3 Å². The number of carbonyl (C=O) groups excluding carboxylic acids is 2. The second kappa shape index (κ2) is 4.86. The number of nitrogens with two attached hydrogens (primary N) is 1. The smallest absolute Gasteiger partial charge is 0.316 e. The molecule has 5 heteroatoms. The Morgan fingerprint density at radius 2 is 1.65 bits per heavy atom. The number of urea groups is 1. The largest absolute Gasteiger partial charge is 0.351 e. The lowest BCUT2D eigenvalue weighted by molar-refractivity contribution is -0.123. The molecule has 0 radical (unpaired) electrons. The maximum Gasteiger partial charge on any atom is 0.316 e. The second-order valence-corrected chi connectivity index (χ2v) is 4.77. The van der Waals surface area contributed by atoms with E-state index >= 15 is 0 Å². The molecule has 4 N–H and O–H groups in total. The Morgan fingerprint density at radius 3 is 2.12 bits per heavy atom. The molecule has 0 saturated carbocycles. The molecule has 0 saturated heterocycles. The van der Waals surface area contributed by atoms with Crippen LogP contribution in [0.4, 0.5) is 16.2 Å². The number of carbonyl (C=O) groups is 2. The minimum absolute atomic E-state index is 0.0891. The van der Waals surface area contributed by atoms with Crippen LogP contribution in [0.5, 0.6) is 0 Å². The Labute approximate surface area is 100 Å². The summed E-state index contributed by atoms with van der Waals surface area (Å²) in [5, 5.41) is 5.21. The number of hydrogen-bond acceptors (Lipinski definition) is 2. The first-order valence-electron chi connectivity index (χ1n) is 5.27. The van der Waals surface area contributed by atoms with E-state index in [4.69, 9.17) is 5.73 Å². The molecule has 0 fully saturated rings. The molecule has 0 heterocycles. The minimum Gasteiger partial charge on any atom is -0.351 e. The Kier molecular flexibility index (Phi) is 3.73. The van der Waals surface area contributed by atoms with Gasteiger partial charge in [-0.3, -0.25) is 4.79 Å². The Balaban J connectivity index is 2.79. The number of rotatable bonds is 2. The van der Waals surface area contributed by atoms with Crippen LogP contribution in [0.2, 0.25) is 0 Å². The summed E-state index contributed by atoms with van der Waals surface area (Å²) in [6.45, 7) is 5.48. The zero-order valence-corrected chi connectivity index (χ0v) is 10.2. The molecule has 1 rings (SSSR count). The van der Waals surface area contributed by atoms with E-state index in [1.54, 1.807) is 24.3 Å². The average Bonchev–Trinajstić information content (AvgIpc) is 2.15. The van der Waals surface area contributed by atoms with E-state index in [0.29, 0.717) is 11.4 Å². The van der Waals surface area contributed by atoms with Crippen LogP contribution in [0, 0.1) is 5.41 Å². The van der Waals surface area contributed by atoms with Crippen molar-refractivity contribution in [2.45, 2.75) is 20.8 Å². The molecule has 5 nitrogen and oxygen atoms in total. The van der Waals surface area contributed by atoms with Crippen molar-refractivity contribution < 1.29 is 9.59 Å². The van der Waals surface area contributed by atoms with Crippen molar-refractivity contribution in [2.75, 3.05) is 10.6 Å². The SMILES string of the molecule is CC(C)(C)C(=O)Nc1cccc(NC(N)=O)c1. The van der Waals surface area contributed by atoms with Crippen LogP contribution in [-0.2, 0) is 4.79 Å². The summed E-state index contributed by atoms with van der Waals surface area (Å²) < 4.78 is 0. The number of amides is 3. The molecule has 1 aromatic rings. The lowest BCUT2D eigenvalue weighted by Crippen LogP contribution is -2.27. The molecule has 0 aliphatic heterocycles. The molecule has 17 heavy (non-hydrogen) atoms.